The van der Waals surface area contributed by atoms with E-state index in [2.05, 4.69) is 16.9 Å². The fourth-order valence-electron chi connectivity index (χ4n) is 3.37. The maximum Gasteiger partial charge on any atom is 0.311 e. The molecule has 1 aromatic heterocycles. The maximum absolute atomic E-state index is 11.5. The molecule has 0 radical (unpaired) electrons. The van der Waals surface area contributed by atoms with Crippen LogP contribution in [0.2, 0.25) is 0 Å². The number of carboxylic acid groups (broad SMARTS) is 1. The number of rotatable bonds is 3. The third kappa shape index (κ3) is 3.42. The third-order valence-electron chi connectivity index (χ3n) is 4.62. The van der Waals surface area contributed by atoms with Crippen LogP contribution in [0.5, 0.6) is 0 Å². The molecule has 116 valence electrons. The second-order valence-corrected chi connectivity index (χ2v) is 7.60. The van der Waals surface area contributed by atoms with Gasteiger partial charge in [0.1, 0.15) is 5.82 Å². The lowest BCUT2D eigenvalue weighted by Gasteiger charge is -2.32. The van der Waals surface area contributed by atoms with Gasteiger partial charge in [-0.25, -0.2) is 9.97 Å². The SMILES string of the molecule is CC1(c2ncc(C(C(=O)O)C(C)(C)C)cn2)CCCCC1. The molecule has 1 N–H and O–H groups in total. The van der Waals surface area contributed by atoms with Crippen LogP contribution in [0.3, 0.4) is 0 Å². The molecule has 0 spiro atoms. The Balaban J connectivity index is 2.27. The molecule has 1 aliphatic carbocycles. The summed E-state index contributed by atoms with van der Waals surface area (Å²) in [6.45, 7) is 8.02. The van der Waals surface area contributed by atoms with Gasteiger partial charge in [-0.1, -0.05) is 47.0 Å². The highest BCUT2D eigenvalue weighted by molar-refractivity contribution is 5.76. The molecule has 0 saturated heterocycles. The number of carboxylic acids is 1. The lowest BCUT2D eigenvalue weighted by Crippen LogP contribution is -2.29. The quantitative estimate of drug-likeness (QED) is 0.916. The molecule has 1 aliphatic rings. The minimum atomic E-state index is -0.817. The lowest BCUT2D eigenvalue weighted by atomic mass is 9.74. The van der Waals surface area contributed by atoms with E-state index >= 15 is 0 Å². The molecule has 1 atom stereocenters. The summed E-state index contributed by atoms with van der Waals surface area (Å²) >= 11 is 0. The van der Waals surface area contributed by atoms with Crippen LogP contribution in [0.15, 0.2) is 12.4 Å². The summed E-state index contributed by atoms with van der Waals surface area (Å²) in [5, 5.41) is 9.48. The van der Waals surface area contributed by atoms with Gasteiger partial charge in [0.05, 0.1) is 5.92 Å². The van der Waals surface area contributed by atoms with Gasteiger partial charge in [-0.05, 0) is 18.3 Å². The Labute approximate surface area is 127 Å². The molecule has 4 nitrogen and oxygen atoms in total. The van der Waals surface area contributed by atoms with E-state index in [9.17, 15) is 9.90 Å². The first-order chi connectivity index (χ1) is 9.74. The number of carbonyl (C=O) groups is 1. The molecular weight excluding hydrogens is 264 g/mol. The first-order valence-corrected chi connectivity index (χ1v) is 7.79. The first-order valence-electron chi connectivity index (χ1n) is 7.79. The van der Waals surface area contributed by atoms with Crippen molar-refractivity contribution in [2.45, 2.75) is 71.1 Å². The molecule has 2 rings (SSSR count). The average molecular weight is 290 g/mol. The Kier molecular flexibility index (Phi) is 4.35. The molecule has 1 saturated carbocycles. The van der Waals surface area contributed by atoms with Gasteiger partial charge in [-0.2, -0.15) is 0 Å². The van der Waals surface area contributed by atoms with Crippen LogP contribution in [-0.2, 0) is 10.2 Å². The predicted octanol–water partition coefficient (Wildman–Crippen LogP) is 3.91. The first kappa shape index (κ1) is 15.9. The van der Waals surface area contributed by atoms with E-state index in [1.54, 1.807) is 12.4 Å². The Hall–Kier alpha value is -1.45. The topological polar surface area (TPSA) is 63.1 Å². The minimum Gasteiger partial charge on any atom is -0.481 e. The molecular formula is C17H26N2O2. The highest BCUT2D eigenvalue weighted by Gasteiger charge is 2.35. The summed E-state index contributed by atoms with van der Waals surface area (Å²) < 4.78 is 0. The van der Waals surface area contributed by atoms with E-state index in [4.69, 9.17) is 0 Å². The minimum absolute atomic E-state index is 0.0528. The third-order valence-corrected chi connectivity index (χ3v) is 4.62. The standard InChI is InChI=1S/C17H26N2O2/c1-16(2,3)13(14(20)21)12-10-18-15(19-11-12)17(4)8-6-5-7-9-17/h10-11,13H,5-9H2,1-4H3,(H,20,21). The van der Waals surface area contributed by atoms with Crippen molar-refractivity contribution >= 4 is 5.97 Å². The van der Waals surface area contributed by atoms with Crippen LogP contribution >= 0.6 is 0 Å². The average Bonchev–Trinajstić information content (AvgIpc) is 2.38. The summed E-state index contributed by atoms with van der Waals surface area (Å²) in [7, 11) is 0. The van der Waals surface area contributed by atoms with E-state index in [-0.39, 0.29) is 10.8 Å². The number of aliphatic carboxylic acids is 1. The van der Waals surface area contributed by atoms with Crippen LogP contribution in [0, 0.1) is 5.41 Å². The molecule has 1 fully saturated rings. The number of hydrogen-bond donors (Lipinski definition) is 1. The molecule has 1 unspecified atom stereocenters. The van der Waals surface area contributed by atoms with Crippen molar-refractivity contribution in [2.75, 3.05) is 0 Å². The van der Waals surface area contributed by atoms with Crippen molar-refractivity contribution in [3.8, 4) is 0 Å². The van der Waals surface area contributed by atoms with Crippen LogP contribution in [-0.4, -0.2) is 21.0 Å². The number of nitrogens with zero attached hydrogens (tertiary/aromatic N) is 2. The highest BCUT2D eigenvalue weighted by atomic mass is 16.4. The fourth-order valence-corrected chi connectivity index (χ4v) is 3.37. The molecule has 21 heavy (non-hydrogen) atoms. The zero-order valence-corrected chi connectivity index (χ0v) is 13.5. The molecule has 0 aromatic carbocycles. The summed E-state index contributed by atoms with van der Waals surface area (Å²) in [6, 6.07) is 0. The van der Waals surface area contributed by atoms with E-state index in [0.717, 1.165) is 18.7 Å². The Morgan fingerprint density at radius 1 is 1.19 bits per heavy atom. The van der Waals surface area contributed by atoms with Crippen LogP contribution < -0.4 is 0 Å². The van der Waals surface area contributed by atoms with Crippen molar-refractivity contribution in [1.82, 2.24) is 9.97 Å². The predicted molar refractivity (Wildman–Crippen MR) is 82.3 cm³/mol. The summed E-state index contributed by atoms with van der Waals surface area (Å²) in [5.74, 6) is -0.530. The largest absolute Gasteiger partial charge is 0.481 e. The Morgan fingerprint density at radius 3 is 2.14 bits per heavy atom. The fraction of sp³-hybridized carbons (Fsp3) is 0.706. The van der Waals surface area contributed by atoms with Gasteiger partial charge in [0.2, 0.25) is 0 Å². The van der Waals surface area contributed by atoms with Gasteiger partial charge < -0.3 is 5.11 Å². The Bertz CT molecular complexity index is 497. The number of hydrogen-bond acceptors (Lipinski definition) is 3. The summed E-state index contributed by atoms with van der Waals surface area (Å²) in [4.78, 5) is 20.6. The van der Waals surface area contributed by atoms with Gasteiger partial charge >= 0.3 is 5.97 Å². The van der Waals surface area contributed by atoms with E-state index in [1.807, 2.05) is 20.8 Å². The smallest absolute Gasteiger partial charge is 0.311 e. The summed E-state index contributed by atoms with van der Waals surface area (Å²) in [6.07, 6.45) is 9.40. The van der Waals surface area contributed by atoms with Gasteiger partial charge in [-0.3, -0.25) is 4.79 Å². The monoisotopic (exact) mass is 290 g/mol. The van der Waals surface area contributed by atoms with Crippen LogP contribution in [0.4, 0.5) is 0 Å². The lowest BCUT2D eigenvalue weighted by molar-refractivity contribution is -0.141. The van der Waals surface area contributed by atoms with Crippen molar-refractivity contribution in [2.24, 2.45) is 5.41 Å². The molecule has 0 amide bonds. The highest BCUT2D eigenvalue weighted by Crippen LogP contribution is 2.38. The Morgan fingerprint density at radius 2 is 1.71 bits per heavy atom. The van der Waals surface area contributed by atoms with E-state index < -0.39 is 11.9 Å². The molecule has 1 heterocycles. The van der Waals surface area contributed by atoms with Crippen molar-refractivity contribution < 1.29 is 9.90 Å². The second kappa shape index (κ2) is 5.74. The van der Waals surface area contributed by atoms with Crippen molar-refractivity contribution in [1.29, 1.82) is 0 Å². The van der Waals surface area contributed by atoms with Gasteiger partial charge in [0, 0.05) is 23.4 Å². The molecule has 4 heteroatoms. The van der Waals surface area contributed by atoms with Crippen molar-refractivity contribution in [3.05, 3.63) is 23.8 Å². The van der Waals surface area contributed by atoms with E-state index in [0.29, 0.717) is 5.56 Å². The van der Waals surface area contributed by atoms with Gasteiger partial charge in [0.15, 0.2) is 0 Å². The normalized spacial score (nSPS) is 20.0. The van der Waals surface area contributed by atoms with E-state index in [1.165, 1.54) is 19.3 Å². The zero-order valence-electron chi connectivity index (χ0n) is 13.5. The van der Waals surface area contributed by atoms with Gasteiger partial charge in [0.25, 0.3) is 0 Å². The molecule has 0 aliphatic heterocycles. The van der Waals surface area contributed by atoms with Gasteiger partial charge in [-0.15, -0.1) is 0 Å². The maximum atomic E-state index is 11.5. The summed E-state index contributed by atoms with van der Waals surface area (Å²) in [5.41, 5.74) is 0.390. The van der Waals surface area contributed by atoms with Crippen LogP contribution in [0.25, 0.3) is 0 Å². The molecule has 1 aromatic rings. The number of aromatic nitrogens is 2. The zero-order chi connectivity index (χ0) is 15.7. The van der Waals surface area contributed by atoms with Crippen molar-refractivity contribution in [3.63, 3.8) is 0 Å². The molecule has 0 bridgehead atoms. The van der Waals surface area contributed by atoms with Crippen LogP contribution in [0.1, 0.15) is 77.1 Å². The second-order valence-electron chi connectivity index (χ2n) is 7.60.